The Morgan fingerprint density at radius 1 is 1.38 bits per heavy atom. The first-order chi connectivity index (χ1) is 7.54. The Labute approximate surface area is 94.6 Å². The second kappa shape index (κ2) is 5.42. The average Bonchev–Trinajstić information content (AvgIpc) is 2.17. The molecule has 1 unspecified atom stereocenters. The summed E-state index contributed by atoms with van der Waals surface area (Å²) in [6.07, 6.45) is -1.04. The molecule has 86 valence electrons. The molecule has 1 aromatic carbocycles. The van der Waals surface area contributed by atoms with Crippen LogP contribution in [0, 0.1) is 6.92 Å². The van der Waals surface area contributed by atoms with Crippen LogP contribution in [0.5, 0.6) is 0 Å². The van der Waals surface area contributed by atoms with Gasteiger partial charge in [0, 0.05) is 12.8 Å². The van der Waals surface area contributed by atoms with E-state index in [0.717, 1.165) is 5.56 Å². The number of amides is 1. The van der Waals surface area contributed by atoms with Crippen molar-refractivity contribution in [2.45, 2.75) is 20.0 Å². The molecular formula is C12H15NO3. The van der Waals surface area contributed by atoms with Crippen LogP contribution in [0.15, 0.2) is 24.3 Å². The number of hydrogen-bond donors (Lipinski definition) is 1. The van der Waals surface area contributed by atoms with Gasteiger partial charge in [0.15, 0.2) is 11.9 Å². The molecule has 16 heavy (non-hydrogen) atoms. The van der Waals surface area contributed by atoms with Crippen molar-refractivity contribution in [3.8, 4) is 0 Å². The molecule has 1 N–H and O–H groups in total. The van der Waals surface area contributed by atoms with Crippen LogP contribution < -0.4 is 5.32 Å². The normalized spacial score (nSPS) is 11.9. The van der Waals surface area contributed by atoms with Gasteiger partial charge in [-0.3, -0.25) is 9.59 Å². The van der Waals surface area contributed by atoms with Crippen molar-refractivity contribution in [1.82, 2.24) is 0 Å². The first-order valence-electron chi connectivity index (χ1n) is 4.95. The van der Waals surface area contributed by atoms with Gasteiger partial charge in [-0.25, -0.2) is 0 Å². The van der Waals surface area contributed by atoms with E-state index in [2.05, 4.69) is 5.32 Å². The van der Waals surface area contributed by atoms with Gasteiger partial charge >= 0.3 is 0 Å². The minimum atomic E-state index is -1.04. The Balaban J connectivity index is 2.74. The van der Waals surface area contributed by atoms with Crippen LogP contribution in [0.3, 0.4) is 0 Å². The Bertz CT molecular complexity index is 401. The third-order valence-corrected chi connectivity index (χ3v) is 2.13. The Morgan fingerprint density at radius 3 is 2.56 bits per heavy atom. The Morgan fingerprint density at radius 2 is 2.06 bits per heavy atom. The quantitative estimate of drug-likeness (QED) is 0.784. The third-order valence-electron chi connectivity index (χ3n) is 2.13. The van der Waals surface area contributed by atoms with Crippen molar-refractivity contribution in [2.24, 2.45) is 0 Å². The van der Waals surface area contributed by atoms with Crippen molar-refractivity contribution in [2.75, 3.05) is 12.4 Å². The smallest absolute Gasteiger partial charge is 0.261 e. The maximum Gasteiger partial charge on any atom is 0.261 e. The number of methoxy groups -OCH3 is 1. The molecule has 0 heterocycles. The average molecular weight is 221 g/mol. The Hall–Kier alpha value is -1.68. The second-order valence-corrected chi connectivity index (χ2v) is 3.59. The number of ketones is 1. The SMILES string of the molecule is COC(C(C)=O)C(=O)Nc1cccc(C)c1. The van der Waals surface area contributed by atoms with Crippen molar-refractivity contribution in [1.29, 1.82) is 0 Å². The molecule has 0 saturated carbocycles. The highest BCUT2D eigenvalue weighted by molar-refractivity contribution is 6.09. The monoisotopic (exact) mass is 221 g/mol. The van der Waals surface area contributed by atoms with Gasteiger partial charge in [0.2, 0.25) is 0 Å². The first kappa shape index (κ1) is 12.4. The molecule has 0 aliphatic rings. The molecule has 0 spiro atoms. The van der Waals surface area contributed by atoms with E-state index in [1.165, 1.54) is 14.0 Å². The molecule has 1 amide bonds. The number of carbonyl (C=O) groups is 2. The summed E-state index contributed by atoms with van der Waals surface area (Å²) >= 11 is 0. The molecular weight excluding hydrogens is 206 g/mol. The lowest BCUT2D eigenvalue weighted by Crippen LogP contribution is -2.35. The van der Waals surface area contributed by atoms with E-state index in [1.54, 1.807) is 6.07 Å². The number of nitrogens with one attached hydrogen (secondary N) is 1. The maximum atomic E-state index is 11.6. The fourth-order valence-electron chi connectivity index (χ4n) is 1.39. The van der Waals surface area contributed by atoms with Crippen LogP contribution in [-0.2, 0) is 14.3 Å². The second-order valence-electron chi connectivity index (χ2n) is 3.59. The molecule has 1 rings (SSSR count). The predicted molar refractivity (Wildman–Crippen MR) is 61.3 cm³/mol. The summed E-state index contributed by atoms with van der Waals surface area (Å²) in [5, 5.41) is 2.63. The van der Waals surface area contributed by atoms with Crippen LogP contribution in [0.4, 0.5) is 5.69 Å². The zero-order chi connectivity index (χ0) is 12.1. The number of Topliss-reactive ketones (excluding diaryl/α,β-unsaturated/α-hetero) is 1. The predicted octanol–water partition coefficient (Wildman–Crippen LogP) is 1.54. The van der Waals surface area contributed by atoms with E-state index in [9.17, 15) is 9.59 Å². The maximum absolute atomic E-state index is 11.6. The van der Waals surface area contributed by atoms with Gasteiger partial charge < -0.3 is 10.1 Å². The highest BCUT2D eigenvalue weighted by Gasteiger charge is 2.22. The molecule has 0 aromatic heterocycles. The van der Waals surface area contributed by atoms with Gasteiger partial charge in [-0.05, 0) is 31.5 Å². The van der Waals surface area contributed by atoms with E-state index in [-0.39, 0.29) is 5.78 Å². The van der Waals surface area contributed by atoms with Gasteiger partial charge in [-0.2, -0.15) is 0 Å². The van der Waals surface area contributed by atoms with Crippen molar-refractivity contribution in [3.63, 3.8) is 0 Å². The number of benzene rings is 1. The molecule has 0 aliphatic carbocycles. The number of aryl methyl sites for hydroxylation is 1. The molecule has 0 fully saturated rings. The van der Waals surface area contributed by atoms with Crippen LogP contribution in [-0.4, -0.2) is 24.9 Å². The number of hydrogen-bond acceptors (Lipinski definition) is 3. The number of ether oxygens (including phenoxy) is 1. The summed E-state index contributed by atoms with van der Waals surface area (Å²) in [6.45, 7) is 3.25. The van der Waals surface area contributed by atoms with Gasteiger partial charge in [-0.15, -0.1) is 0 Å². The lowest BCUT2D eigenvalue weighted by atomic mass is 10.2. The molecule has 0 bridgehead atoms. The molecule has 1 atom stereocenters. The standard InChI is InChI=1S/C12H15NO3/c1-8-5-4-6-10(7-8)13-12(15)11(16-3)9(2)14/h4-7,11H,1-3H3,(H,13,15). The minimum Gasteiger partial charge on any atom is -0.364 e. The zero-order valence-corrected chi connectivity index (χ0v) is 9.61. The summed E-state index contributed by atoms with van der Waals surface area (Å²) in [5.41, 5.74) is 1.70. The van der Waals surface area contributed by atoms with Gasteiger partial charge in [0.25, 0.3) is 5.91 Å². The Kier molecular flexibility index (Phi) is 4.19. The molecule has 0 aliphatic heterocycles. The fraction of sp³-hybridized carbons (Fsp3) is 0.333. The van der Waals surface area contributed by atoms with Crippen molar-refractivity contribution in [3.05, 3.63) is 29.8 Å². The van der Waals surface area contributed by atoms with Crippen LogP contribution in [0.1, 0.15) is 12.5 Å². The van der Waals surface area contributed by atoms with Crippen LogP contribution >= 0.6 is 0 Å². The highest BCUT2D eigenvalue weighted by atomic mass is 16.5. The summed E-state index contributed by atoms with van der Waals surface area (Å²) in [4.78, 5) is 22.7. The number of carbonyl (C=O) groups excluding carboxylic acids is 2. The topological polar surface area (TPSA) is 55.4 Å². The zero-order valence-electron chi connectivity index (χ0n) is 9.61. The van der Waals surface area contributed by atoms with E-state index < -0.39 is 12.0 Å². The molecule has 4 nitrogen and oxygen atoms in total. The number of anilines is 1. The van der Waals surface area contributed by atoms with E-state index >= 15 is 0 Å². The fourth-order valence-corrected chi connectivity index (χ4v) is 1.39. The summed E-state index contributed by atoms with van der Waals surface area (Å²) in [6, 6.07) is 7.34. The first-order valence-corrected chi connectivity index (χ1v) is 4.95. The summed E-state index contributed by atoms with van der Waals surface area (Å²) < 4.78 is 4.81. The lowest BCUT2D eigenvalue weighted by Gasteiger charge is -2.12. The summed E-state index contributed by atoms with van der Waals surface area (Å²) in [5.74, 6) is -0.756. The van der Waals surface area contributed by atoms with E-state index in [4.69, 9.17) is 4.74 Å². The molecule has 1 aromatic rings. The third kappa shape index (κ3) is 3.17. The number of rotatable bonds is 4. The van der Waals surface area contributed by atoms with Gasteiger partial charge in [0.05, 0.1) is 0 Å². The molecule has 0 radical (unpaired) electrons. The van der Waals surface area contributed by atoms with Gasteiger partial charge in [0.1, 0.15) is 0 Å². The lowest BCUT2D eigenvalue weighted by molar-refractivity contribution is -0.137. The van der Waals surface area contributed by atoms with Crippen molar-refractivity contribution >= 4 is 17.4 Å². The largest absolute Gasteiger partial charge is 0.364 e. The summed E-state index contributed by atoms with van der Waals surface area (Å²) in [7, 11) is 1.34. The van der Waals surface area contributed by atoms with Crippen LogP contribution in [0.25, 0.3) is 0 Å². The molecule has 0 saturated heterocycles. The van der Waals surface area contributed by atoms with Gasteiger partial charge in [-0.1, -0.05) is 12.1 Å². The highest BCUT2D eigenvalue weighted by Crippen LogP contribution is 2.10. The van der Waals surface area contributed by atoms with Crippen LogP contribution in [0.2, 0.25) is 0 Å². The molecule has 4 heteroatoms. The minimum absolute atomic E-state index is 0.312. The van der Waals surface area contributed by atoms with Crippen molar-refractivity contribution < 1.29 is 14.3 Å². The van der Waals surface area contributed by atoms with E-state index in [0.29, 0.717) is 5.69 Å². The van der Waals surface area contributed by atoms with E-state index in [1.807, 2.05) is 25.1 Å².